The van der Waals surface area contributed by atoms with Gasteiger partial charge in [0.25, 0.3) is 0 Å². The van der Waals surface area contributed by atoms with Gasteiger partial charge in [0.05, 0.1) is 11.4 Å². The van der Waals surface area contributed by atoms with Gasteiger partial charge >= 0.3 is 0 Å². The minimum atomic E-state index is -0.406. The van der Waals surface area contributed by atoms with Gasteiger partial charge in [-0.15, -0.1) is 0 Å². The van der Waals surface area contributed by atoms with Crippen LogP contribution in [0.4, 0.5) is 10.1 Å². The van der Waals surface area contributed by atoms with Crippen LogP contribution in [0.2, 0.25) is 0 Å². The van der Waals surface area contributed by atoms with Crippen LogP contribution >= 0.6 is 15.9 Å². The largest absolute Gasteiger partial charge is 0.396 e. The molecule has 0 fully saturated rings. The molecule has 102 valence electrons. The zero-order valence-corrected chi connectivity index (χ0v) is 12.0. The number of aromatic nitrogens is 4. The molecule has 6 nitrogen and oxygen atoms in total. The van der Waals surface area contributed by atoms with Crippen LogP contribution < -0.4 is 5.73 Å². The van der Waals surface area contributed by atoms with Gasteiger partial charge in [-0.05, 0) is 39.2 Å². The van der Waals surface area contributed by atoms with Crippen LogP contribution in [0, 0.1) is 12.7 Å². The first-order valence-corrected chi connectivity index (χ1v) is 6.52. The smallest absolute Gasteiger partial charge is 0.226 e. The van der Waals surface area contributed by atoms with E-state index in [1.807, 2.05) is 0 Å². The van der Waals surface area contributed by atoms with Crippen LogP contribution in [-0.4, -0.2) is 20.3 Å². The molecule has 0 radical (unpaired) electrons. The summed E-state index contributed by atoms with van der Waals surface area (Å²) >= 11 is 3.17. The first kappa shape index (κ1) is 12.9. The van der Waals surface area contributed by atoms with E-state index < -0.39 is 5.82 Å². The lowest BCUT2D eigenvalue weighted by Gasteiger charge is -2.09. The van der Waals surface area contributed by atoms with Crippen molar-refractivity contribution >= 4 is 32.8 Å². The Morgan fingerprint density at radius 3 is 2.95 bits per heavy atom. The van der Waals surface area contributed by atoms with Gasteiger partial charge in [-0.1, -0.05) is 0 Å². The zero-order valence-electron chi connectivity index (χ0n) is 10.4. The van der Waals surface area contributed by atoms with E-state index in [1.54, 1.807) is 6.92 Å². The average molecular weight is 338 g/mol. The van der Waals surface area contributed by atoms with Gasteiger partial charge < -0.3 is 5.73 Å². The van der Waals surface area contributed by atoms with E-state index >= 15 is 0 Å². The van der Waals surface area contributed by atoms with E-state index in [4.69, 9.17) is 5.73 Å². The summed E-state index contributed by atoms with van der Waals surface area (Å²) in [6.45, 7) is 1.77. The van der Waals surface area contributed by atoms with Crippen LogP contribution in [0.15, 0.2) is 21.4 Å². The number of fused-ring (bicyclic) bond motifs is 1. The lowest BCUT2D eigenvalue weighted by molar-refractivity contribution is 0.315. The number of rotatable bonds is 2. The number of nitrogen functional groups attached to an aromatic ring is 1. The van der Waals surface area contributed by atoms with Crippen LogP contribution in [0.3, 0.4) is 0 Å². The van der Waals surface area contributed by atoms with Gasteiger partial charge in [-0.3, -0.25) is 4.98 Å². The molecule has 0 aromatic carbocycles. The fraction of sp³-hybridized carbons (Fsp3) is 0.167. The van der Waals surface area contributed by atoms with Crippen molar-refractivity contribution < 1.29 is 9.02 Å². The standard InChI is InChI=1S/C12H9BrFN5O/c1-5-7(3-9-8(14)2-6(13)4-16-9)10(15)11-12(17-5)19-20-18-11/h2,4H,3,15H2,1H3. The Hall–Kier alpha value is -2.09. The summed E-state index contributed by atoms with van der Waals surface area (Å²) in [6, 6.07) is 1.36. The molecule has 0 aliphatic carbocycles. The number of pyridine rings is 2. The van der Waals surface area contributed by atoms with Crippen molar-refractivity contribution in [2.45, 2.75) is 13.3 Å². The summed E-state index contributed by atoms with van der Waals surface area (Å²) in [5.74, 6) is -0.406. The Morgan fingerprint density at radius 1 is 1.40 bits per heavy atom. The van der Waals surface area contributed by atoms with Crippen molar-refractivity contribution in [2.24, 2.45) is 0 Å². The minimum absolute atomic E-state index is 0.229. The predicted octanol–water partition coefficient (Wildman–Crippen LogP) is 2.40. The van der Waals surface area contributed by atoms with Crippen molar-refractivity contribution in [3.8, 4) is 0 Å². The van der Waals surface area contributed by atoms with Gasteiger partial charge in [0.2, 0.25) is 5.65 Å². The summed E-state index contributed by atoms with van der Waals surface area (Å²) in [5.41, 5.74) is 8.74. The summed E-state index contributed by atoms with van der Waals surface area (Å²) in [6.07, 6.45) is 1.76. The Labute approximate surface area is 121 Å². The van der Waals surface area contributed by atoms with E-state index in [0.717, 1.165) is 0 Å². The Balaban J connectivity index is 2.10. The molecule has 0 amide bonds. The first-order valence-electron chi connectivity index (χ1n) is 5.73. The molecule has 0 spiro atoms. The maximum absolute atomic E-state index is 13.9. The van der Waals surface area contributed by atoms with Crippen molar-refractivity contribution in [3.63, 3.8) is 0 Å². The minimum Gasteiger partial charge on any atom is -0.396 e. The van der Waals surface area contributed by atoms with E-state index in [2.05, 4.69) is 40.8 Å². The molecular weight excluding hydrogens is 329 g/mol. The van der Waals surface area contributed by atoms with Crippen molar-refractivity contribution in [1.82, 2.24) is 20.3 Å². The average Bonchev–Trinajstić information content (AvgIpc) is 2.85. The normalized spacial score (nSPS) is 11.2. The molecule has 0 saturated carbocycles. The lowest BCUT2D eigenvalue weighted by Crippen LogP contribution is -2.05. The van der Waals surface area contributed by atoms with E-state index in [-0.39, 0.29) is 6.42 Å². The maximum Gasteiger partial charge on any atom is 0.226 e. The summed E-state index contributed by atoms with van der Waals surface area (Å²) in [7, 11) is 0. The zero-order chi connectivity index (χ0) is 14.3. The third-order valence-electron chi connectivity index (χ3n) is 2.99. The van der Waals surface area contributed by atoms with Crippen LogP contribution in [0.1, 0.15) is 17.0 Å². The number of aryl methyl sites for hydroxylation is 1. The summed E-state index contributed by atoms with van der Waals surface area (Å²) in [4.78, 5) is 8.29. The van der Waals surface area contributed by atoms with Gasteiger partial charge in [0, 0.05) is 28.3 Å². The second-order valence-corrected chi connectivity index (χ2v) is 5.20. The van der Waals surface area contributed by atoms with Gasteiger partial charge in [-0.25, -0.2) is 14.0 Å². The molecule has 3 aromatic heterocycles. The number of anilines is 1. The van der Waals surface area contributed by atoms with Gasteiger partial charge in [0.15, 0.2) is 5.52 Å². The van der Waals surface area contributed by atoms with Crippen molar-refractivity contribution in [3.05, 3.63) is 39.5 Å². The highest BCUT2D eigenvalue weighted by atomic mass is 79.9. The van der Waals surface area contributed by atoms with Crippen LogP contribution in [0.5, 0.6) is 0 Å². The van der Waals surface area contributed by atoms with Crippen molar-refractivity contribution in [1.29, 1.82) is 0 Å². The molecule has 0 saturated heterocycles. The number of hydrogen-bond donors (Lipinski definition) is 1. The first-order chi connectivity index (χ1) is 9.56. The monoisotopic (exact) mass is 337 g/mol. The summed E-state index contributed by atoms with van der Waals surface area (Å²) in [5, 5.41) is 7.35. The molecule has 0 aliphatic heterocycles. The maximum atomic E-state index is 13.9. The second kappa shape index (κ2) is 4.78. The molecule has 3 heterocycles. The topological polar surface area (TPSA) is 90.7 Å². The molecule has 0 unspecified atom stereocenters. The van der Waals surface area contributed by atoms with Crippen molar-refractivity contribution in [2.75, 3.05) is 5.73 Å². The van der Waals surface area contributed by atoms with Gasteiger partial charge in [0.1, 0.15) is 5.82 Å². The highest BCUT2D eigenvalue weighted by molar-refractivity contribution is 9.10. The number of nitrogens with two attached hydrogens (primary N) is 1. The van der Waals surface area contributed by atoms with E-state index in [1.165, 1.54) is 12.3 Å². The third-order valence-corrected chi connectivity index (χ3v) is 3.42. The van der Waals surface area contributed by atoms with E-state index in [9.17, 15) is 4.39 Å². The van der Waals surface area contributed by atoms with Crippen LogP contribution in [0.25, 0.3) is 11.2 Å². The molecule has 3 aromatic rings. The lowest BCUT2D eigenvalue weighted by atomic mass is 10.0. The predicted molar refractivity (Wildman–Crippen MR) is 73.4 cm³/mol. The SMILES string of the molecule is Cc1nc2nonc2c(N)c1Cc1ncc(Br)cc1F. The quantitative estimate of drug-likeness (QED) is 0.772. The fourth-order valence-corrected chi connectivity index (χ4v) is 2.26. The second-order valence-electron chi connectivity index (χ2n) is 4.28. The van der Waals surface area contributed by atoms with Crippen LogP contribution in [-0.2, 0) is 6.42 Å². The van der Waals surface area contributed by atoms with Gasteiger partial charge in [-0.2, -0.15) is 0 Å². The fourth-order valence-electron chi connectivity index (χ4n) is 1.95. The Bertz CT molecular complexity index is 804. The molecule has 0 atom stereocenters. The molecule has 8 heteroatoms. The Kier molecular flexibility index (Phi) is 3.09. The number of halogens is 2. The molecule has 0 aliphatic rings. The molecule has 3 rings (SSSR count). The molecular formula is C12H9BrFN5O. The molecule has 2 N–H and O–H groups in total. The highest BCUT2D eigenvalue weighted by Crippen LogP contribution is 2.26. The molecule has 0 bridgehead atoms. The number of hydrogen-bond acceptors (Lipinski definition) is 6. The summed E-state index contributed by atoms with van der Waals surface area (Å²) < 4.78 is 19.0. The molecule has 20 heavy (non-hydrogen) atoms. The van der Waals surface area contributed by atoms with E-state index in [0.29, 0.717) is 38.3 Å². The number of nitrogens with zero attached hydrogens (tertiary/aromatic N) is 4. The highest BCUT2D eigenvalue weighted by Gasteiger charge is 2.16. The Morgan fingerprint density at radius 2 is 2.20 bits per heavy atom. The third kappa shape index (κ3) is 2.11.